The fourth-order valence-electron chi connectivity index (χ4n) is 0.904. The fourth-order valence-corrected chi connectivity index (χ4v) is 1.22. The van der Waals surface area contributed by atoms with Crippen molar-refractivity contribution in [1.82, 2.24) is 9.97 Å². The van der Waals surface area contributed by atoms with Crippen LogP contribution in [0.25, 0.3) is 9.95 Å². The number of diazo groups is 2. The smallest absolute Gasteiger partial charge is 0.421 e. The van der Waals surface area contributed by atoms with Gasteiger partial charge in [-0.3, -0.25) is 8.42 Å². The Morgan fingerprint density at radius 3 is 1.39 bits per heavy atom. The van der Waals surface area contributed by atoms with Crippen LogP contribution in [0.3, 0.4) is 0 Å². The van der Waals surface area contributed by atoms with Crippen LogP contribution in [0, 0.1) is 10.8 Å². The second-order valence-corrected chi connectivity index (χ2v) is 4.77. The van der Waals surface area contributed by atoms with E-state index in [4.69, 9.17) is 51.5 Å². The second kappa shape index (κ2) is 10.3. The van der Waals surface area contributed by atoms with E-state index in [1.165, 1.54) is 12.4 Å². The van der Waals surface area contributed by atoms with Gasteiger partial charge in [0.05, 0.1) is 0 Å². The average Bonchev–Trinajstić information content (AvgIpc) is 2.47. The summed E-state index contributed by atoms with van der Waals surface area (Å²) in [6.07, 6.45) is 3.05. The Labute approximate surface area is 140 Å². The van der Waals surface area contributed by atoms with Gasteiger partial charge < -0.3 is 9.11 Å². The van der Waals surface area contributed by atoms with Crippen molar-refractivity contribution in [3.05, 3.63) is 56.9 Å². The van der Waals surface area contributed by atoms with Crippen LogP contribution in [0.2, 0.25) is 10.3 Å². The predicted octanol–water partition coefficient (Wildman–Crippen LogP) is 3.10. The number of pyridine rings is 2. The first-order valence-corrected chi connectivity index (χ1v) is 7.36. The number of rotatable bonds is 0. The Hall–Kier alpha value is -2.41. The molecule has 0 fully saturated rings. The van der Waals surface area contributed by atoms with E-state index in [9.17, 15) is 0 Å². The lowest BCUT2D eigenvalue weighted by atomic mass is 10.4. The SMILES string of the molecule is N#[N+]c1cccnc1Cl.N#[N+]c1cccnc1Cl.O=S(=O)([O-])[O-]. The first kappa shape index (κ1) is 20.6. The van der Waals surface area contributed by atoms with E-state index >= 15 is 0 Å². The monoisotopic (exact) mass is 376 g/mol. The molecule has 2 heterocycles. The summed E-state index contributed by atoms with van der Waals surface area (Å²) in [7, 11) is -5.17. The molecular weight excluding hydrogens is 371 g/mol. The van der Waals surface area contributed by atoms with E-state index in [2.05, 4.69) is 19.9 Å². The summed E-state index contributed by atoms with van der Waals surface area (Å²) in [4.78, 5) is 13.1. The molecule has 0 unspecified atom stereocenters. The molecule has 0 spiro atoms. The molecule has 0 N–H and O–H groups in total. The summed E-state index contributed by atoms with van der Waals surface area (Å²) in [5.41, 5.74) is 0.582. The van der Waals surface area contributed by atoms with Crippen molar-refractivity contribution in [3.8, 4) is 0 Å². The van der Waals surface area contributed by atoms with E-state index in [0.717, 1.165) is 0 Å². The van der Waals surface area contributed by atoms with Gasteiger partial charge in [0, 0.05) is 34.9 Å². The molecule has 0 bridgehead atoms. The molecular formula is C10H6Cl2N6O4S. The summed E-state index contributed by atoms with van der Waals surface area (Å²) >= 11 is 10.9. The van der Waals surface area contributed by atoms with Gasteiger partial charge in [-0.25, -0.2) is 9.97 Å². The van der Waals surface area contributed by atoms with Crippen molar-refractivity contribution in [2.24, 2.45) is 0 Å². The molecule has 0 aliphatic carbocycles. The van der Waals surface area contributed by atoms with Gasteiger partial charge in [0.15, 0.2) is 9.95 Å². The average molecular weight is 377 g/mol. The third-order valence-electron chi connectivity index (χ3n) is 1.69. The van der Waals surface area contributed by atoms with Crippen molar-refractivity contribution in [2.45, 2.75) is 0 Å². The largest absolute Gasteiger partial charge is 0.759 e. The number of nitrogens with zero attached hydrogens (tertiary/aromatic N) is 6. The fraction of sp³-hybridized carbons (Fsp3) is 0. The highest BCUT2D eigenvalue weighted by Gasteiger charge is 2.10. The summed E-state index contributed by atoms with van der Waals surface area (Å²) in [5, 5.41) is 16.9. The Bertz CT molecular complexity index is 770. The van der Waals surface area contributed by atoms with Crippen LogP contribution >= 0.6 is 23.2 Å². The highest BCUT2D eigenvalue weighted by molar-refractivity contribution is 7.79. The molecule has 2 aromatic heterocycles. The molecule has 13 heteroatoms. The van der Waals surface area contributed by atoms with Crippen molar-refractivity contribution in [1.29, 1.82) is 10.8 Å². The molecule has 0 aromatic carbocycles. The molecule has 0 aliphatic rings. The lowest BCUT2D eigenvalue weighted by Gasteiger charge is -2.06. The standard InChI is InChI=1S/2C5H3ClN3.H2O4S/c2*6-5-4(9-7)2-1-3-8-5;1-5(2,3)4/h2*1-3H;(H2,1,2,3,4)/q2*+1;/p-2. The van der Waals surface area contributed by atoms with Crippen LogP contribution in [-0.4, -0.2) is 27.5 Å². The van der Waals surface area contributed by atoms with Crippen molar-refractivity contribution in [3.63, 3.8) is 0 Å². The second-order valence-electron chi connectivity index (χ2n) is 3.23. The quantitative estimate of drug-likeness (QED) is 0.292. The molecule has 0 atom stereocenters. The number of hydrogen-bond acceptors (Lipinski definition) is 8. The van der Waals surface area contributed by atoms with E-state index in [1.54, 1.807) is 24.3 Å². The van der Waals surface area contributed by atoms with Gasteiger partial charge in [0.25, 0.3) is 0 Å². The molecule has 0 amide bonds. The van der Waals surface area contributed by atoms with Crippen molar-refractivity contribution < 1.29 is 17.5 Å². The Balaban J connectivity index is 0.000000332. The summed E-state index contributed by atoms with van der Waals surface area (Å²) in [5.74, 6) is 0. The van der Waals surface area contributed by atoms with Gasteiger partial charge in [0.2, 0.25) is 21.1 Å². The lowest BCUT2D eigenvalue weighted by molar-refractivity contribution is 0.352. The van der Waals surface area contributed by atoms with Crippen LogP contribution in [0.4, 0.5) is 11.4 Å². The maximum Gasteiger partial charge on any atom is 0.421 e. The van der Waals surface area contributed by atoms with Crippen LogP contribution < -0.4 is 0 Å². The van der Waals surface area contributed by atoms with Crippen LogP contribution in [0.15, 0.2) is 36.7 Å². The molecule has 0 saturated heterocycles. The van der Waals surface area contributed by atoms with Crippen molar-refractivity contribution in [2.75, 3.05) is 0 Å². The Kier molecular flexibility index (Phi) is 9.26. The molecule has 0 radical (unpaired) electrons. The third kappa shape index (κ3) is 10.9. The molecule has 2 aromatic rings. The first-order valence-electron chi connectivity index (χ1n) is 5.27. The van der Waals surface area contributed by atoms with E-state index in [-0.39, 0.29) is 10.3 Å². The molecule has 120 valence electrons. The molecule has 10 nitrogen and oxygen atoms in total. The Morgan fingerprint density at radius 1 is 0.913 bits per heavy atom. The normalized spacial score (nSPS) is 9.13. The summed E-state index contributed by atoms with van der Waals surface area (Å²) < 4.78 is 34.1. The van der Waals surface area contributed by atoms with E-state index in [0.29, 0.717) is 11.4 Å². The van der Waals surface area contributed by atoms with Gasteiger partial charge in [-0.05, 0) is 12.1 Å². The number of hydrogen-bond donors (Lipinski definition) is 0. The van der Waals surface area contributed by atoms with E-state index < -0.39 is 10.4 Å². The predicted molar refractivity (Wildman–Crippen MR) is 78.5 cm³/mol. The Morgan fingerprint density at radius 2 is 1.22 bits per heavy atom. The maximum absolute atomic E-state index is 8.52. The molecule has 0 aliphatic heterocycles. The maximum atomic E-state index is 8.52. The number of aromatic nitrogens is 2. The van der Waals surface area contributed by atoms with Gasteiger partial charge in [-0.1, -0.05) is 23.2 Å². The van der Waals surface area contributed by atoms with Crippen LogP contribution in [-0.2, 0) is 10.4 Å². The highest BCUT2D eigenvalue weighted by atomic mass is 35.5. The minimum absolute atomic E-state index is 0.208. The molecule has 23 heavy (non-hydrogen) atoms. The van der Waals surface area contributed by atoms with Crippen LogP contribution in [0.1, 0.15) is 0 Å². The minimum atomic E-state index is -5.17. The van der Waals surface area contributed by atoms with Gasteiger partial charge in [-0.15, -0.1) is 0 Å². The van der Waals surface area contributed by atoms with E-state index in [1.807, 2.05) is 0 Å². The lowest BCUT2D eigenvalue weighted by Crippen LogP contribution is -1.91. The van der Waals surface area contributed by atoms with Crippen LogP contribution in [0.5, 0.6) is 0 Å². The summed E-state index contributed by atoms with van der Waals surface area (Å²) in [6, 6.07) is 6.41. The molecule has 0 saturated carbocycles. The first-order chi connectivity index (χ1) is 10.7. The zero-order valence-corrected chi connectivity index (χ0v) is 13.3. The third-order valence-corrected chi connectivity index (χ3v) is 2.28. The zero-order valence-electron chi connectivity index (χ0n) is 10.9. The number of halogens is 2. The zero-order chi connectivity index (χ0) is 17.9. The minimum Gasteiger partial charge on any atom is -0.759 e. The van der Waals surface area contributed by atoms with Crippen molar-refractivity contribution >= 4 is 45.0 Å². The topological polar surface area (TPSA) is 162 Å². The van der Waals surface area contributed by atoms with Gasteiger partial charge in [-0.2, -0.15) is 0 Å². The summed E-state index contributed by atoms with van der Waals surface area (Å²) in [6.45, 7) is 0. The highest BCUT2D eigenvalue weighted by Crippen LogP contribution is 2.20. The van der Waals surface area contributed by atoms with Gasteiger partial charge in [0.1, 0.15) is 0 Å². The molecule has 2 rings (SSSR count). The van der Waals surface area contributed by atoms with Gasteiger partial charge >= 0.3 is 11.4 Å².